The lowest BCUT2D eigenvalue weighted by molar-refractivity contribution is -0.157. The number of hydrogen-bond acceptors (Lipinski definition) is 6. The van der Waals surface area contributed by atoms with Crippen molar-refractivity contribution >= 4 is 40.7 Å². The van der Waals surface area contributed by atoms with Crippen LogP contribution in [0.15, 0.2) is 47.4 Å². The molecule has 2 atom stereocenters. The molecule has 1 unspecified atom stereocenters. The van der Waals surface area contributed by atoms with E-state index < -0.39 is 40.7 Å². The van der Waals surface area contributed by atoms with E-state index in [1.807, 2.05) is 13.0 Å². The van der Waals surface area contributed by atoms with Gasteiger partial charge in [0.25, 0.3) is 0 Å². The van der Waals surface area contributed by atoms with Crippen LogP contribution >= 0.6 is 11.6 Å². The quantitative estimate of drug-likeness (QED) is 0.375. The molecule has 0 saturated heterocycles. The van der Waals surface area contributed by atoms with Gasteiger partial charge in [-0.05, 0) is 96.0 Å². The number of hydrogen-bond donors (Lipinski definition) is 2. The number of ether oxygens (including phenoxy) is 2. The zero-order chi connectivity index (χ0) is 25.7. The van der Waals surface area contributed by atoms with E-state index in [9.17, 15) is 14.1 Å². The van der Waals surface area contributed by atoms with E-state index >= 15 is 0 Å². The number of nitrogens with one attached hydrogen (secondary N) is 2. The summed E-state index contributed by atoms with van der Waals surface area (Å²) < 4.78 is 26.7. The normalized spacial score (nSPS) is 13.6. The topological polar surface area (TPSA) is 99.7 Å². The third kappa shape index (κ3) is 9.44. The monoisotopic (exact) mass is 508 g/mol. The van der Waals surface area contributed by atoms with E-state index in [1.54, 1.807) is 77.9 Å². The SMILES string of the molecule is Cc1ccc([S+]([O-])Nc2ccc(Cl)cc2)cc1C[C@H](NC(=O)OC(C)(C)C)C(=O)OC(C)(C)C. The fourth-order valence-electron chi connectivity index (χ4n) is 2.90. The summed E-state index contributed by atoms with van der Waals surface area (Å²) in [7, 11) is 0. The molecule has 2 aromatic rings. The first-order valence-corrected chi connectivity index (χ1v) is 12.4. The molecule has 0 aliphatic carbocycles. The standard InChI is InChI=1S/C25H33ClN2O5S/c1-16-8-13-20(34(31)28-19-11-9-18(26)10-12-19)14-17(16)15-21(22(29)32-24(2,3)4)27-23(30)33-25(5,6)7/h8-14,21,28H,15H2,1-7H3,(H,27,30)/t21-,34?/m0/s1. The van der Waals surface area contributed by atoms with Crippen LogP contribution in [0.25, 0.3) is 0 Å². The second-order valence-electron chi connectivity index (χ2n) is 9.90. The van der Waals surface area contributed by atoms with Gasteiger partial charge in [-0.25, -0.2) is 14.3 Å². The van der Waals surface area contributed by atoms with E-state index in [-0.39, 0.29) is 6.42 Å². The number of rotatable bonds is 7. The lowest BCUT2D eigenvalue weighted by atomic mass is 10.0. The second kappa shape index (κ2) is 11.3. The molecular formula is C25H33ClN2O5S. The Morgan fingerprint density at radius 3 is 2.15 bits per heavy atom. The Hall–Kier alpha value is -2.42. The molecule has 0 fully saturated rings. The van der Waals surface area contributed by atoms with Gasteiger partial charge in [-0.3, -0.25) is 0 Å². The summed E-state index contributed by atoms with van der Waals surface area (Å²) in [5, 5.41) is 3.21. The number of amides is 1. The fraction of sp³-hybridized carbons (Fsp3) is 0.440. The lowest BCUT2D eigenvalue weighted by Crippen LogP contribution is -2.47. The Morgan fingerprint density at radius 1 is 1.00 bits per heavy atom. The van der Waals surface area contributed by atoms with Crippen molar-refractivity contribution < 1.29 is 23.6 Å². The van der Waals surface area contributed by atoms with E-state index in [0.717, 1.165) is 11.1 Å². The predicted octanol–water partition coefficient (Wildman–Crippen LogP) is 5.56. The Labute approximate surface area is 209 Å². The third-order valence-corrected chi connectivity index (χ3v) is 5.75. The second-order valence-corrected chi connectivity index (χ2v) is 11.6. The minimum absolute atomic E-state index is 0.145. The summed E-state index contributed by atoms with van der Waals surface area (Å²) in [5.41, 5.74) is 0.833. The largest absolute Gasteiger partial charge is 0.588 e. The van der Waals surface area contributed by atoms with Crippen LogP contribution in [-0.4, -0.2) is 33.9 Å². The van der Waals surface area contributed by atoms with Gasteiger partial charge in [0, 0.05) is 11.4 Å². The molecule has 7 nitrogen and oxygen atoms in total. The lowest BCUT2D eigenvalue weighted by Gasteiger charge is -2.26. The van der Waals surface area contributed by atoms with Crippen molar-refractivity contribution in [3.8, 4) is 0 Å². The number of alkyl carbamates (subject to hydrolysis) is 1. The fourth-order valence-corrected chi connectivity index (χ4v) is 3.94. The maximum absolute atomic E-state index is 12.9. The van der Waals surface area contributed by atoms with Gasteiger partial charge in [-0.2, -0.15) is 0 Å². The van der Waals surface area contributed by atoms with Crippen molar-refractivity contribution in [3.05, 3.63) is 58.6 Å². The molecular weight excluding hydrogens is 476 g/mol. The van der Waals surface area contributed by atoms with Gasteiger partial charge in [-0.15, -0.1) is 0 Å². The smallest absolute Gasteiger partial charge is 0.408 e. The predicted molar refractivity (Wildman–Crippen MR) is 135 cm³/mol. The summed E-state index contributed by atoms with van der Waals surface area (Å²) in [5.74, 6) is -0.580. The highest BCUT2D eigenvalue weighted by Gasteiger charge is 2.30. The first-order valence-electron chi connectivity index (χ1n) is 10.9. The van der Waals surface area contributed by atoms with Crippen LogP contribution in [-0.2, 0) is 32.1 Å². The maximum atomic E-state index is 12.9. The summed E-state index contributed by atoms with van der Waals surface area (Å²) in [6.45, 7) is 12.4. The van der Waals surface area contributed by atoms with Gasteiger partial charge >= 0.3 is 12.1 Å². The van der Waals surface area contributed by atoms with Crippen molar-refractivity contribution in [2.24, 2.45) is 0 Å². The van der Waals surface area contributed by atoms with Crippen LogP contribution in [0.5, 0.6) is 0 Å². The zero-order valence-corrected chi connectivity index (χ0v) is 22.2. The molecule has 2 rings (SSSR count). The summed E-state index contributed by atoms with van der Waals surface area (Å²) >= 11 is 4.36. The van der Waals surface area contributed by atoms with Crippen molar-refractivity contribution in [1.82, 2.24) is 5.32 Å². The minimum Gasteiger partial charge on any atom is -0.588 e. The Bertz CT molecular complexity index is 1000. The first kappa shape index (κ1) is 27.8. The molecule has 0 heterocycles. The number of carbonyl (C=O) groups excluding carboxylic acids is 2. The molecule has 34 heavy (non-hydrogen) atoms. The first-order chi connectivity index (χ1) is 15.6. The highest BCUT2D eigenvalue weighted by molar-refractivity contribution is 7.92. The summed E-state index contributed by atoms with van der Waals surface area (Å²) in [4.78, 5) is 25.8. The van der Waals surface area contributed by atoms with Crippen LogP contribution in [0.2, 0.25) is 5.02 Å². The van der Waals surface area contributed by atoms with Crippen molar-refractivity contribution in [1.29, 1.82) is 0 Å². The summed E-state index contributed by atoms with van der Waals surface area (Å²) in [6, 6.07) is 11.2. The molecule has 186 valence electrons. The molecule has 2 aromatic carbocycles. The average Bonchev–Trinajstić information content (AvgIpc) is 2.68. The van der Waals surface area contributed by atoms with Gasteiger partial charge < -0.3 is 19.3 Å². The molecule has 0 aliphatic rings. The molecule has 0 aliphatic heterocycles. The van der Waals surface area contributed by atoms with Crippen molar-refractivity contribution in [2.75, 3.05) is 4.72 Å². The molecule has 1 amide bonds. The van der Waals surface area contributed by atoms with Crippen LogP contribution < -0.4 is 10.0 Å². The highest BCUT2D eigenvalue weighted by Crippen LogP contribution is 2.22. The zero-order valence-electron chi connectivity index (χ0n) is 20.7. The Kier molecular flexibility index (Phi) is 9.28. The van der Waals surface area contributed by atoms with Gasteiger partial charge in [0.1, 0.15) is 28.6 Å². The van der Waals surface area contributed by atoms with E-state index in [1.165, 1.54) is 0 Å². The molecule has 9 heteroatoms. The summed E-state index contributed by atoms with van der Waals surface area (Å²) in [6.07, 6.45) is -0.573. The van der Waals surface area contributed by atoms with Gasteiger partial charge in [0.2, 0.25) is 0 Å². The van der Waals surface area contributed by atoms with Gasteiger partial charge in [0.15, 0.2) is 4.90 Å². The van der Waals surface area contributed by atoms with E-state index in [4.69, 9.17) is 21.1 Å². The van der Waals surface area contributed by atoms with Gasteiger partial charge in [-0.1, -0.05) is 17.7 Å². The van der Waals surface area contributed by atoms with Crippen LogP contribution in [0.1, 0.15) is 52.7 Å². The molecule has 0 spiro atoms. The molecule has 0 aromatic heterocycles. The van der Waals surface area contributed by atoms with Crippen LogP contribution in [0.4, 0.5) is 10.5 Å². The number of benzene rings is 2. The Morgan fingerprint density at radius 2 is 1.59 bits per heavy atom. The van der Waals surface area contributed by atoms with Crippen LogP contribution in [0, 0.1) is 6.92 Å². The number of halogens is 1. The van der Waals surface area contributed by atoms with Crippen LogP contribution in [0.3, 0.4) is 0 Å². The average molecular weight is 509 g/mol. The minimum atomic E-state index is -1.55. The van der Waals surface area contributed by atoms with E-state index in [2.05, 4.69) is 10.0 Å². The van der Waals surface area contributed by atoms with E-state index in [0.29, 0.717) is 15.6 Å². The third-order valence-electron chi connectivity index (χ3n) is 4.40. The maximum Gasteiger partial charge on any atom is 0.408 e. The van der Waals surface area contributed by atoms with Crippen molar-refractivity contribution in [3.63, 3.8) is 0 Å². The van der Waals surface area contributed by atoms with Crippen molar-refractivity contribution in [2.45, 2.75) is 77.0 Å². The Balaban J connectivity index is 2.25. The molecule has 2 N–H and O–H groups in total. The molecule has 0 saturated carbocycles. The molecule has 0 radical (unpaired) electrons. The highest BCUT2D eigenvalue weighted by atomic mass is 35.5. The number of esters is 1. The number of aryl methyl sites for hydroxylation is 1. The number of carbonyl (C=O) groups is 2. The number of anilines is 1. The molecule has 0 bridgehead atoms. The van der Waals surface area contributed by atoms with Gasteiger partial charge in [0.05, 0.1) is 5.69 Å².